The summed E-state index contributed by atoms with van der Waals surface area (Å²) in [4.78, 5) is 17.2. The Morgan fingerprint density at radius 1 is 1.13 bits per heavy atom. The fourth-order valence-corrected chi connectivity index (χ4v) is 4.66. The van der Waals surface area contributed by atoms with Crippen molar-refractivity contribution in [1.82, 2.24) is 10.3 Å². The predicted octanol–water partition coefficient (Wildman–Crippen LogP) is 6.81. The van der Waals surface area contributed by atoms with Gasteiger partial charge in [0.1, 0.15) is 5.01 Å². The summed E-state index contributed by atoms with van der Waals surface area (Å²) in [6.07, 6.45) is 0. The monoisotopic (exact) mass is 515 g/mol. The van der Waals surface area contributed by atoms with Gasteiger partial charge in [0.15, 0.2) is 5.11 Å². The minimum absolute atomic E-state index is 0.201. The summed E-state index contributed by atoms with van der Waals surface area (Å²) in [7, 11) is 0. The normalized spacial score (nSPS) is 10.8. The van der Waals surface area contributed by atoms with Crippen LogP contribution in [0, 0.1) is 6.92 Å². The molecule has 3 aromatic carbocycles. The third-order valence-corrected chi connectivity index (χ3v) is 6.53. The quantitative estimate of drug-likeness (QED) is 0.294. The molecule has 4 nitrogen and oxygen atoms in total. The molecule has 0 aliphatic carbocycles. The van der Waals surface area contributed by atoms with E-state index in [2.05, 4.69) is 38.7 Å². The highest BCUT2D eigenvalue weighted by atomic mass is 79.9. The van der Waals surface area contributed by atoms with E-state index in [9.17, 15) is 4.79 Å². The topological polar surface area (TPSA) is 54.0 Å². The van der Waals surface area contributed by atoms with Crippen LogP contribution in [-0.4, -0.2) is 16.0 Å². The molecule has 0 radical (unpaired) electrons. The Bertz CT molecular complexity index is 1260. The number of fused-ring (bicyclic) bond motifs is 1. The van der Waals surface area contributed by atoms with Gasteiger partial charge in [0.25, 0.3) is 5.91 Å². The molecule has 0 unspecified atom stereocenters. The van der Waals surface area contributed by atoms with Gasteiger partial charge in [-0.3, -0.25) is 10.1 Å². The highest BCUT2D eigenvalue weighted by Crippen LogP contribution is 2.32. The fourth-order valence-electron chi connectivity index (χ4n) is 2.93. The van der Waals surface area contributed by atoms with Gasteiger partial charge in [0, 0.05) is 15.7 Å². The first-order valence-electron chi connectivity index (χ1n) is 8.95. The zero-order valence-corrected chi connectivity index (χ0v) is 19.7. The fraction of sp³-hybridized carbons (Fsp3) is 0.0455. The number of anilines is 1. The van der Waals surface area contributed by atoms with Crippen LogP contribution in [0.3, 0.4) is 0 Å². The number of aromatic nitrogens is 1. The first-order valence-corrected chi connectivity index (χ1v) is 11.3. The smallest absolute Gasteiger partial charge is 0.258 e. The summed E-state index contributed by atoms with van der Waals surface area (Å²) in [5.74, 6) is -0.373. The van der Waals surface area contributed by atoms with Gasteiger partial charge in [-0.1, -0.05) is 39.7 Å². The van der Waals surface area contributed by atoms with Gasteiger partial charge in [-0.25, -0.2) is 4.98 Å². The molecule has 0 saturated heterocycles. The summed E-state index contributed by atoms with van der Waals surface area (Å²) in [6, 6.07) is 19.1. The second kappa shape index (κ2) is 8.81. The molecule has 0 fully saturated rings. The molecule has 0 spiro atoms. The van der Waals surface area contributed by atoms with Crippen LogP contribution in [0.4, 0.5) is 5.69 Å². The molecule has 2 N–H and O–H groups in total. The van der Waals surface area contributed by atoms with Crippen LogP contribution in [0.1, 0.15) is 15.9 Å². The molecule has 30 heavy (non-hydrogen) atoms. The van der Waals surface area contributed by atoms with Gasteiger partial charge in [-0.15, -0.1) is 11.3 Å². The molecule has 1 heterocycles. The lowest BCUT2D eigenvalue weighted by molar-refractivity contribution is 0.0978. The van der Waals surface area contributed by atoms with Crippen LogP contribution in [0.25, 0.3) is 20.8 Å². The van der Waals surface area contributed by atoms with Gasteiger partial charge in [-0.05, 0) is 73.2 Å². The van der Waals surface area contributed by atoms with Crippen LogP contribution < -0.4 is 10.6 Å². The Labute approximate surface area is 196 Å². The number of carbonyl (C=O) groups is 1. The predicted molar refractivity (Wildman–Crippen MR) is 133 cm³/mol. The number of thiocarbonyl (C=S) groups is 1. The molecule has 0 aliphatic heterocycles. The lowest BCUT2D eigenvalue weighted by Crippen LogP contribution is -2.34. The Hall–Kier alpha value is -2.32. The summed E-state index contributed by atoms with van der Waals surface area (Å²) >= 11 is 16.4. The van der Waals surface area contributed by atoms with Crippen molar-refractivity contribution in [3.05, 3.63) is 81.3 Å². The van der Waals surface area contributed by atoms with Crippen molar-refractivity contribution in [3.8, 4) is 10.6 Å². The number of nitrogens with zero attached hydrogens (tertiary/aromatic N) is 1. The van der Waals surface area contributed by atoms with Gasteiger partial charge in [0.05, 0.1) is 20.8 Å². The molecule has 0 bridgehead atoms. The second-order valence-electron chi connectivity index (χ2n) is 6.55. The van der Waals surface area contributed by atoms with E-state index in [-0.39, 0.29) is 11.0 Å². The van der Waals surface area contributed by atoms with Crippen LogP contribution in [0.15, 0.2) is 65.1 Å². The maximum absolute atomic E-state index is 12.5. The molecular formula is C22H15BrClN3OS2. The van der Waals surface area contributed by atoms with Crippen LogP contribution >= 0.6 is 51.1 Å². The van der Waals surface area contributed by atoms with Crippen molar-refractivity contribution in [2.75, 3.05) is 5.32 Å². The highest BCUT2D eigenvalue weighted by Gasteiger charge is 2.14. The Balaban J connectivity index is 1.48. The number of aryl methyl sites for hydroxylation is 1. The molecule has 1 amide bonds. The van der Waals surface area contributed by atoms with Crippen LogP contribution in [0.2, 0.25) is 5.02 Å². The van der Waals surface area contributed by atoms with E-state index in [0.717, 1.165) is 36.5 Å². The SMILES string of the molecule is Cc1cc(-c2nc3ccccc3s2)ccc1NC(=S)NC(=O)c1cc(Br)ccc1Cl. The van der Waals surface area contributed by atoms with Crippen molar-refractivity contribution in [1.29, 1.82) is 0 Å². The lowest BCUT2D eigenvalue weighted by Gasteiger charge is -2.13. The van der Waals surface area contributed by atoms with Crippen molar-refractivity contribution < 1.29 is 4.79 Å². The Morgan fingerprint density at radius 3 is 2.70 bits per heavy atom. The van der Waals surface area contributed by atoms with Crippen molar-refractivity contribution in [3.63, 3.8) is 0 Å². The van der Waals surface area contributed by atoms with Crippen molar-refractivity contribution in [2.24, 2.45) is 0 Å². The molecule has 150 valence electrons. The number of carbonyl (C=O) groups excluding carboxylic acids is 1. The summed E-state index contributed by atoms with van der Waals surface area (Å²) in [5.41, 5.74) is 4.18. The van der Waals surface area contributed by atoms with Gasteiger partial charge < -0.3 is 5.32 Å². The number of rotatable bonds is 3. The van der Waals surface area contributed by atoms with E-state index in [1.807, 2.05) is 37.3 Å². The summed E-state index contributed by atoms with van der Waals surface area (Å²) in [6.45, 7) is 1.98. The van der Waals surface area contributed by atoms with E-state index in [1.165, 1.54) is 0 Å². The molecule has 0 atom stereocenters. The number of benzene rings is 3. The number of halogens is 2. The minimum atomic E-state index is -0.373. The largest absolute Gasteiger partial charge is 0.332 e. The lowest BCUT2D eigenvalue weighted by atomic mass is 10.1. The average Bonchev–Trinajstić information content (AvgIpc) is 3.15. The number of nitrogens with one attached hydrogen (secondary N) is 2. The molecular weight excluding hydrogens is 502 g/mol. The Kier molecular flexibility index (Phi) is 6.15. The standard InChI is InChI=1S/C22H15BrClN3OS2/c1-12-10-13(21-25-18-4-2-3-5-19(18)30-21)6-9-17(12)26-22(29)27-20(28)15-11-14(23)7-8-16(15)24/h2-11H,1H3,(H2,26,27,28,29). The number of hydrogen-bond acceptors (Lipinski definition) is 4. The summed E-state index contributed by atoms with van der Waals surface area (Å²) < 4.78 is 1.92. The zero-order valence-electron chi connectivity index (χ0n) is 15.7. The van der Waals surface area contributed by atoms with Gasteiger partial charge >= 0.3 is 0 Å². The first kappa shape index (κ1) is 20.9. The van der Waals surface area contributed by atoms with E-state index >= 15 is 0 Å². The molecule has 4 aromatic rings. The highest BCUT2D eigenvalue weighted by molar-refractivity contribution is 9.10. The van der Waals surface area contributed by atoms with Gasteiger partial charge in [0.2, 0.25) is 0 Å². The number of hydrogen-bond donors (Lipinski definition) is 2. The molecule has 0 aliphatic rings. The maximum Gasteiger partial charge on any atom is 0.258 e. The zero-order chi connectivity index (χ0) is 21.3. The third-order valence-electron chi connectivity index (χ3n) is 4.42. The molecule has 4 rings (SSSR count). The number of amides is 1. The summed E-state index contributed by atoms with van der Waals surface area (Å²) in [5, 5.41) is 7.27. The minimum Gasteiger partial charge on any atom is -0.332 e. The van der Waals surface area contributed by atoms with E-state index in [0.29, 0.717) is 10.6 Å². The molecule has 1 aromatic heterocycles. The van der Waals surface area contributed by atoms with E-state index in [4.69, 9.17) is 28.8 Å². The number of thiazole rings is 1. The first-order chi connectivity index (χ1) is 14.4. The van der Waals surface area contributed by atoms with Crippen molar-refractivity contribution >= 4 is 78.0 Å². The van der Waals surface area contributed by atoms with Gasteiger partial charge in [-0.2, -0.15) is 0 Å². The third kappa shape index (κ3) is 4.54. The van der Waals surface area contributed by atoms with Crippen LogP contribution in [0.5, 0.6) is 0 Å². The molecule has 0 saturated carbocycles. The second-order valence-corrected chi connectivity index (χ2v) is 9.31. The van der Waals surface area contributed by atoms with Crippen LogP contribution in [-0.2, 0) is 0 Å². The van der Waals surface area contributed by atoms with E-state index < -0.39 is 0 Å². The van der Waals surface area contributed by atoms with E-state index in [1.54, 1.807) is 29.5 Å². The Morgan fingerprint density at radius 2 is 1.93 bits per heavy atom. The number of para-hydroxylation sites is 1. The molecule has 8 heteroatoms. The average molecular weight is 517 g/mol. The maximum atomic E-state index is 12.5. The van der Waals surface area contributed by atoms with Crippen molar-refractivity contribution in [2.45, 2.75) is 6.92 Å².